The van der Waals surface area contributed by atoms with E-state index in [0.717, 1.165) is 31.7 Å². The van der Waals surface area contributed by atoms with Crippen molar-refractivity contribution in [3.63, 3.8) is 0 Å². The van der Waals surface area contributed by atoms with Crippen molar-refractivity contribution >= 4 is 5.91 Å². The highest BCUT2D eigenvalue weighted by Gasteiger charge is 2.37. The lowest BCUT2D eigenvalue weighted by Crippen LogP contribution is -2.56. The second-order valence-corrected chi connectivity index (χ2v) is 5.34. The van der Waals surface area contributed by atoms with Gasteiger partial charge in [-0.25, -0.2) is 0 Å². The van der Waals surface area contributed by atoms with Gasteiger partial charge in [-0.3, -0.25) is 4.79 Å². The molecule has 0 saturated heterocycles. The first-order chi connectivity index (χ1) is 7.54. The molecule has 1 saturated carbocycles. The minimum Gasteiger partial charge on any atom is -0.368 e. The highest BCUT2D eigenvalue weighted by Crippen LogP contribution is 2.30. The topological polar surface area (TPSA) is 55.1 Å². The van der Waals surface area contributed by atoms with E-state index in [4.69, 9.17) is 5.73 Å². The Bertz CT molecular complexity index is 238. The van der Waals surface area contributed by atoms with Crippen molar-refractivity contribution in [3.8, 4) is 0 Å². The molecule has 1 aliphatic carbocycles. The van der Waals surface area contributed by atoms with Crippen molar-refractivity contribution in [1.29, 1.82) is 0 Å². The molecule has 16 heavy (non-hydrogen) atoms. The molecule has 2 atom stereocenters. The average molecular weight is 226 g/mol. The van der Waals surface area contributed by atoms with Crippen LogP contribution in [0.15, 0.2) is 0 Å². The first-order valence-corrected chi connectivity index (χ1v) is 6.59. The summed E-state index contributed by atoms with van der Waals surface area (Å²) in [6, 6.07) is 0. The number of rotatable bonds is 8. The fourth-order valence-electron chi connectivity index (χ4n) is 2.10. The number of hydrogen-bond donors (Lipinski definition) is 2. The number of primary amides is 1. The highest BCUT2D eigenvalue weighted by atomic mass is 16.1. The summed E-state index contributed by atoms with van der Waals surface area (Å²) in [6.45, 7) is 7.35. The first-order valence-electron chi connectivity index (χ1n) is 6.59. The first kappa shape index (κ1) is 13.5. The van der Waals surface area contributed by atoms with Crippen molar-refractivity contribution in [2.24, 2.45) is 17.6 Å². The van der Waals surface area contributed by atoms with Gasteiger partial charge < -0.3 is 11.1 Å². The van der Waals surface area contributed by atoms with Crippen LogP contribution in [0.1, 0.15) is 52.9 Å². The summed E-state index contributed by atoms with van der Waals surface area (Å²) in [7, 11) is 0. The standard InChI is InChI=1S/C13H26N2O/c1-4-10(3)8-13(5-2,12(14)16)15-9-11-6-7-11/h10-11,15H,4-9H2,1-3H3,(H2,14,16). The van der Waals surface area contributed by atoms with Crippen LogP contribution in [0, 0.1) is 11.8 Å². The third-order valence-corrected chi connectivity index (χ3v) is 3.90. The van der Waals surface area contributed by atoms with Crippen LogP contribution in [0.2, 0.25) is 0 Å². The predicted octanol–water partition coefficient (Wildman–Crippen LogP) is 2.06. The van der Waals surface area contributed by atoms with Crippen LogP contribution in [0.5, 0.6) is 0 Å². The molecule has 3 N–H and O–H groups in total. The van der Waals surface area contributed by atoms with Crippen LogP contribution < -0.4 is 11.1 Å². The monoisotopic (exact) mass is 226 g/mol. The van der Waals surface area contributed by atoms with Crippen molar-refractivity contribution in [3.05, 3.63) is 0 Å². The van der Waals surface area contributed by atoms with Gasteiger partial charge in [0, 0.05) is 0 Å². The molecule has 3 heteroatoms. The van der Waals surface area contributed by atoms with Gasteiger partial charge in [0.15, 0.2) is 0 Å². The Morgan fingerprint density at radius 3 is 2.50 bits per heavy atom. The summed E-state index contributed by atoms with van der Waals surface area (Å²) < 4.78 is 0. The van der Waals surface area contributed by atoms with Crippen molar-refractivity contribution < 1.29 is 4.79 Å². The van der Waals surface area contributed by atoms with Gasteiger partial charge in [0.2, 0.25) is 5.91 Å². The van der Waals surface area contributed by atoms with E-state index in [1.807, 2.05) is 6.92 Å². The van der Waals surface area contributed by atoms with E-state index in [2.05, 4.69) is 19.2 Å². The van der Waals surface area contributed by atoms with Crippen LogP contribution in [0.3, 0.4) is 0 Å². The van der Waals surface area contributed by atoms with E-state index in [9.17, 15) is 4.79 Å². The van der Waals surface area contributed by atoms with Gasteiger partial charge in [-0.2, -0.15) is 0 Å². The quantitative estimate of drug-likeness (QED) is 0.665. The molecule has 0 heterocycles. The Balaban J connectivity index is 2.59. The maximum absolute atomic E-state index is 11.7. The third kappa shape index (κ3) is 3.48. The number of carbonyl (C=O) groups is 1. The summed E-state index contributed by atoms with van der Waals surface area (Å²) in [4.78, 5) is 11.7. The minimum absolute atomic E-state index is 0.184. The molecule has 0 aromatic rings. The Morgan fingerprint density at radius 2 is 2.12 bits per heavy atom. The van der Waals surface area contributed by atoms with Crippen LogP contribution in [0.25, 0.3) is 0 Å². The van der Waals surface area contributed by atoms with E-state index >= 15 is 0 Å². The lowest BCUT2D eigenvalue weighted by Gasteiger charge is -2.33. The number of nitrogens with two attached hydrogens (primary N) is 1. The molecule has 0 radical (unpaired) electrons. The SMILES string of the molecule is CCC(C)CC(CC)(NCC1CC1)C(N)=O. The summed E-state index contributed by atoms with van der Waals surface area (Å²) in [5, 5.41) is 3.44. The molecule has 1 aliphatic rings. The summed E-state index contributed by atoms with van der Waals surface area (Å²) in [5.74, 6) is 1.14. The molecule has 3 nitrogen and oxygen atoms in total. The Morgan fingerprint density at radius 1 is 1.50 bits per heavy atom. The fraction of sp³-hybridized carbons (Fsp3) is 0.923. The van der Waals surface area contributed by atoms with E-state index in [1.165, 1.54) is 12.8 Å². The molecule has 1 fully saturated rings. The summed E-state index contributed by atoms with van der Waals surface area (Å²) in [6.07, 6.45) is 5.35. The van der Waals surface area contributed by atoms with E-state index in [1.54, 1.807) is 0 Å². The number of amides is 1. The Kier molecular flexibility index (Phi) is 4.78. The third-order valence-electron chi connectivity index (χ3n) is 3.90. The lowest BCUT2D eigenvalue weighted by molar-refractivity contribution is -0.125. The molecular weight excluding hydrogens is 200 g/mol. The molecule has 0 aromatic carbocycles. The van der Waals surface area contributed by atoms with E-state index in [-0.39, 0.29) is 5.91 Å². The molecule has 0 spiro atoms. The van der Waals surface area contributed by atoms with Gasteiger partial charge in [0.05, 0.1) is 5.54 Å². The molecular formula is C13H26N2O. The normalized spacial score (nSPS) is 21.4. The Hall–Kier alpha value is -0.570. The van der Waals surface area contributed by atoms with Crippen LogP contribution in [-0.2, 0) is 4.79 Å². The predicted molar refractivity (Wildman–Crippen MR) is 67.0 cm³/mol. The molecule has 2 unspecified atom stereocenters. The maximum atomic E-state index is 11.7. The van der Waals surface area contributed by atoms with Crippen LogP contribution >= 0.6 is 0 Å². The van der Waals surface area contributed by atoms with Gasteiger partial charge in [-0.15, -0.1) is 0 Å². The average Bonchev–Trinajstić information content (AvgIpc) is 3.07. The number of nitrogens with one attached hydrogen (secondary N) is 1. The number of hydrogen-bond acceptors (Lipinski definition) is 2. The zero-order valence-corrected chi connectivity index (χ0v) is 10.9. The minimum atomic E-state index is -0.474. The largest absolute Gasteiger partial charge is 0.368 e. The van der Waals surface area contributed by atoms with Gasteiger partial charge >= 0.3 is 0 Å². The van der Waals surface area contributed by atoms with E-state index in [0.29, 0.717) is 5.92 Å². The molecule has 94 valence electrons. The Labute approximate surface area is 99.2 Å². The highest BCUT2D eigenvalue weighted by molar-refractivity contribution is 5.84. The molecule has 1 rings (SSSR count). The number of carbonyl (C=O) groups excluding carboxylic acids is 1. The molecule has 0 bridgehead atoms. The van der Waals surface area contributed by atoms with Crippen molar-refractivity contribution in [2.45, 2.75) is 58.4 Å². The van der Waals surface area contributed by atoms with Gasteiger partial charge in [0.25, 0.3) is 0 Å². The fourth-order valence-corrected chi connectivity index (χ4v) is 2.10. The van der Waals surface area contributed by atoms with E-state index < -0.39 is 5.54 Å². The summed E-state index contributed by atoms with van der Waals surface area (Å²) >= 11 is 0. The van der Waals surface area contributed by atoms with Crippen LogP contribution in [-0.4, -0.2) is 18.0 Å². The second-order valence-electron chi connectivity index (χ2n) is 5.34. The smallest absolute Gasteiger partial charge is 0.237 e. The zero-order valence-electron chi connectivity index (χ0n) is 10.9. The van der Waals surface area contributed by atoms with Gasteiger partial charge in [0.1, 0.15) is 0 Å². The molecule has 0 aromatic heterocycles. The summed E-state index contributed by atoms with van der Waals surface area (Å²) in [5.41, 5.74) is 5.12. The lowest BCUT2D eigenvalue weighted by atomic mass is 9.84. The van der Waals surface area contributed by atoms with Crippen molar-refractivity contribution in [2.75, 3.05) is 6.54 Å². The zero-order chi connectivity index (χ0) is 12.2. The van der Waals surface area contributed by atoms with Gasteiger partial charge in [-0.05, 0) is 44.1 Å². The molecule has 1 amide bonds. The molecule has 0 aliphatic heterocycles. The maximum Gasteiger partial charge on any atom is 0.237 e. The van der Waals surface area contributed by atoms with Crippen LogP contribution in [0.4, 0.5) is 0 Å². The van der Waals surface area contributed by atoms with Gasteiger partial charge in [-0.1, -0.05) is 27.2 Å². The second kappa shape index (κ2) is 5.67. The van der Waals surface area contributed by atoms with Crippen molar-refractivity contribution in [1.82, 2.24) is 5.32 Å².